The SMILES string of the molecule is ClC1CCCC1c1cscn1. The molecule has 0 aromatic carbocycles. The van der Waals surface area contributed by atoms with Crippen molar-refractivity contribution in [3.05, 3.63) is 16.6 Å². The Kier molecular flexibility index (Phi) is 2.14. The molecule has 0 spiro atoms. The van der Waals surface area contributed by atoms with Gasteiger partial charge in [-0.25, -0.2) is 4.98 Å². The van der Waals surface area contributed by atoms with Gasteiger partial charge in [0.05, 0.1) is 11.2 Å². The number of hydrogen-bond donors (Lipinski definition) is 0. The van der Waals surface area contributed by atoms with Crippen LogP contribution in [0.3, 0.4) is 0 Å². The molecule has 2 atom stereocenters. The van der Waals surface area contributed by atoms with Crippen LogP contribution in [-0.2, 0) is 0 Å². The Bertz CT molecular complexity index is 222. The minimum atomic E-state index is 0.331. The van der Waals surface area contributed by atoms with Gasteiger partial charge in [0.2, 0.25) is 0 Å². The fraction of sp³-hybridized carbons (Fsp3) is 0.625. The second-order valence-corrected chi connectivity index (χ2v) is 4.25. The molecule has 2 rings (SSSR count). The summed E-state index contributed by atoms with van der Waals surface area (Å²) in [6, 6.07) is 0. The summed E-state index contributed by atoms with van der Waals surface area (Å²) in [6.07, 6.45) is 3.64. The molecule has 0 radical (unpaired) electrons. The maximum atomic E-state index is 6.13. The highest BCUT2D eigenvalue weighted by Gasteiger charge is 2.27. The summed E-state index contributed by atoms with van der Waals surface area (Å²) in [5.74, 6) is 0.530. The zero-order chi connectivity index (χ0) is 7.68. The predicted octanol–water partition coefficient (Wildman–Crippen LogP) is 3.02. The summed E-state index contributed by atoms with van der Waals surface area (Å²) >= 11 is 7.79. The van der Waals surface area contributed by atoms with Crippen molar-refractivity contribution in [1.29, 1.82) is 0 Å². The first-order valence-electron chi connectivity index (χ1n) is 3.90. The molecule has 0 amide bonds. The van der Waals surface area contributed by atoms with Crippen LogP contribution in [0.25, 0.3) is 0 Å². The van der Waals surface area contributed by atoms with Crippen LogP contribution in [0.5, 0.6) is 0 Å². The number of rotatable bonds is 1. The fourth-order valence-electron chi connectivity index (χ4n) is 1.65. The van der Waals surface area contributed by atoms with Crippen molar-refractivity contribution < 1.29 is 0 Å². The van der Waals surface area contributed by atoms with Gasteiger partial charge in [-0.05, 0) is 12.8 Å². The van der Waals surface area contributed by atoms with Crippen LogP contribution in [-0.4, -0.2) is 10.4 Å². The summed E-state index contributed by atoms with van der Waals surface area (Å²) < 4.78 is 0. The molecule has 1 aromatic rings. The molecule has 60 valence electrons. The van der Waals surface area contributed by atoms with E-state index in [0.717, 1.165) is 6.42 Å². The van der Waals surface area contributed by atoms with Crippen molar-refractivity contribution in [1.82, 2.24) is 4.98 Å². The van der Waals surface area contributed by atoms with Crippen LogP contribution in [0, 0.1) is 0 Å². The maximum absolute atomic E-state index is 6.13. The lowest BCUT2D eigenvalue weighted by Crippen LogP contribution is -2.04. The number of thiazole rings is 1. The van der Waals surface area contributed by atoms with E-state index in [1.54, 1.807) is 11.3 Å². The lowest BCUT2D eigenvalue weighted by molar-refractivity contribution is 0.709. The van der Waals surface area contributed by atoms with Crippen molar-refractivity contribution in [3.8, 4) is 0 Å². The van der Waals surface area contributed by atoms with Crippen molar-refractivity contribution in [2.24, 2.45) is 0 Å². The van der Waals surface area contributed by atoms with Gasteiger partial charge in [-0.2, -0.15) is 0 Å². The summed E-state index contributed by atoms with van der Waals surface area (Å²) in [5, 5.41) is 2.45. The number of nitrogens with zero attached hydrogens (tertiary/aromatic N) is 1. The summed E-state index contributed by atoms with van der Waals surface area (Å²) in [5.41, 5.74) is 3.09. The number of hydrogen-bond acceptors (Lipinski definition) is 2. The molecule has 1 aromatic heterocycles. The van der Waals surface area contributed by atoms with Crippen molar-refractivity contribution >= 4 is 22.9 Å². The van der Waals surface area contributed by atoms with Gasteiger partial charge in [0, 0.05) is 16.7 Å². The van der Waals surface area contributed by atoms with E-state index in [1.165, 1.54) is 18.5 Å². The third-order valence-electron chi connectivity index (χ3n) is 2.26. The van der Waals surface area contributed by atoms with Gasteiger partial charge in [0.15, 0.2) is 0 Å². The second kappa shape index (κ2) is 3.11. The average Bonchev–Trinajstić information content (AvgIpc) is 2.55. The Morgan fingerprint density at radius 3 is 3.00 bits per heavy atom. The third-order valence-corrected chi connectivity index (χ3v) is 3.39. The maximum Gasteiger partial charge on any atom is 0.0794 e. The summed E-state index contributed by atoms with van der Waals surface area (Å²) in [4.78, 5) is 4.28. The summed E-state index contributed by atoms with van der Waals surface area (Å²) in [6.45, 7) is 0. The summed E-state index contributed by atoms with van der Waals surface area (Å²) in [7, 11) is 0. The molecule has 1 fully saturated rings. The van der Waals surface area contributed by atoms with Crippen molar-refractivity contribution in [2.45, 2.75) is 30.6 Å². The standard InChI is InChI=1S/C8H10ClNS/c9-7-3-1-2-6(7)8-4-11-5-10-8/h4-7H,1-3H2. The second-order valence-electron chi connectivity index (χ2n) is 2.97. The molecule has 1 nitrogen and oxygen atoms in total. The largest absolute Gasteiger partial charge is 0.249 e. The highest BCUT2D eigenvalue weighted by molar-refractivity contribution is 7.07. The minimum absolute atomic E-state index is 0.331. The van der Waals surface area contributed by atoms with Gasteiger partial charge in [-0.3, -0.25) is 0 Å². The van der Waals surface area contributed by atoms with Crippen molar-refractivity contribution in [2.75, 3.05) is 0 Å². The predicted molar refractivity (Wildman–Crippen MR) is 48.3 cm³/mol. The van der Waals surface area contributed by atoms with Crippen LogP contribution in [0.4, 0.5) is 0 Å². The van der Waals surface area contributed by atoms with E-state index in [9.17, 15) is 0 Å². The van der Waals surface area contributed by atoms with E-state index in [1.807, 2.05) is 5.51 Å². The highest BCUT2D eigenvalue weighted by Crippen LogP contribution is 2.37. The number of halogens is 1. The molecule has 0 aliphatic heterocycles. The molecule has 1 heterocycles. The van der Waals surface area contributed by atoms with Gasteiger partial charge in [0.25, 0.3) is 0 Å². The van der Waals surface area contributed by atoms with Gasteiger partial charge >= 0.3 is 0 Å². The van der Waals surface area contributed by atoms with Crippen LogP contribution in [0.2, 0.25) is 0 Å². The van der Waals surface area contributed by atoms with E-state index in [-0.39, 0.29) is 0 Å². The van der Waals surface area contributed by atoms with Gasteiger partial charge in [-0.1, -0.05) is 6.42 Å². The molecule has 11 heavy (non-hydrogen) atoms. The van der Waals surface area contributed by atoms with Crippen molar-refractivity contribution in [3.63, 3.8) is 0 Å². The van der Waals surface area contributed by atoms with E-state index in [2.05, 4.69) is 10.4 Å². The lowest BCUT2D eigenvalue weighted by Gasteiger charge is -2.09. The molecular weight excluding hydrogens is 178 g/mol. The van der Waals surface area contributed by atoms with Crippen LogP contribution in [0.15, 0.2) is 10.9 Å². The third kappa shape index (κ3) is 1.42. The van der Waals surface area contributed by atoms with Crippen LogP contribution >= 0.6 is 22.9 Å². The zero-order valence-corrected chi connectivity index (χ0v) is 7.74. The molecule has 1 aliphatic carbocycles. The zero-order valence-electron chi connectivity index (χ0n) is 6.16. The first-order chi connectivity index (χ1) is 5.38. The first kappa shape index (κ1) is 7.56. The molecule has 0 saturated heterocycles. The highest BCUT2D eigenvalue weighted by atomic mass is 35.5. The Hall–Kier alpha value is -0.0800. The Balaban J connectivity index is 2.16. The quantitative estimate of drug-likeness (QED) is 0.616. The normalized spacial score (nSPS) is 31.0. The lowest BCUT2D eigenvalue weighted by atomic mass is 10.1. The molecular formula is C8H10ClNS. The fourth-order valence-corrected chi connectivity index (χ4v) is 2.68. The van der Waals surface area contributed by atoms with Crippen LogP contribution < -0.4 is 0 Å². The topological polar surface area (TPSA) is 12.9 Å². The molecule has 3 heteroatoms. The Morgan fingerprint density at radius 2 is 2.45 bits per heavy atom. The number of alkyl halides is 1. The smallest absolute Gasteiger partial charge is 0.0794 e. The van der Waals surface area contributed by atoms with Gasteiger partial charge in [0.1, 0.15) is 0 Å². The average molecular weight is 188 g/mol. The van der Waals surface area contributed by atoms with Gasteiger partial charge in [-0.15, -0.1) is 22.9 Å². The Labute approximate surface area is 75.4 Å². The molecule has 1 saturated carbocycles. The molecule has 0 bridgehead atoms. The van der Waals surface area contributed by atoms with Crippen LogP contribution in [0.1, 0.15) is 30.9 Å². The molecule has 1 aliphatic rings. The number of aromatic nitrogens is 1. The van der Waals surface area contributed by atoms with E-state index < -0.39 is 0 Å². The molecule has 2 unspecified atom stereocenters. The van der Waals surface area contributed by atoms with E-state index in [4.69, 9.17) is 11.6 Å². The van der Waals surface area contributed by atoms with E-state index in [0.29, 0.717) is 11.3 Å². The van der Waals surface area contributed by atoms with Gasteiger partial charge < -0.3 is 0 Å². The molecule has 0 N–H and O–H groups in total. The first-order valence-corrected chi connectivity index (χ1v) is 5.28. The minimum Gasteiger partial charge on any atom is -0.249 e. The van der Waals surface area contributed by atoms with E-state index >= 15 is 0 Å². The Morgan fingerprint density at radius 1 is 1.55 bits per heavy atom. The monoisotopic (exact) mass is 187 g/mol.